The molecule has 0 aliphatic carbocycles. The molecule has 1 aromatic carbocycles. The van der Waals surface area contributed by atoms with Gasteiger partial charge in [-0.15, -0.1) is 0 Å². The normalized spacial score (nSPS) is 16.8. The first-order chi connectivity index (χ1) is 14.7. The van der Waals surface area contributed by atoms with Gasteiger partial charge in [-0.1, -0.05) is 0 Å². The van der Waals surface area contributed by atoms with Crippen LogP contribution >= 0.6 is 0 Å². The van der Waals surface area contributed by atoms with Crippen molar-refractivity contribution in [3.63, 3.8) is 0 Å². The molecule has 0 saturated carbocycles. The number of rotatable bonds is 8. The summed E-state index contributed by atoms with van der Waals surface area (Å²) >= 11 is 0. The van der Waals surface area contributed by atoms with E-state index < -0.39 is 0 Å². The minimum Gasteiger partial charge on any atom is -0.378 e. The third-order valence-corrected chi connectivity index (χ3v) is 5.43. The predicted molar refractivity (Wildman–Crippen MR) is 118 cm³/mol. The first-order valence-electron chi connectivity index (χ1n) is 10.7. The molecule has 30 heavy (non-hydrogen) atoms. The fraction of sp³-hybridized carbons (Fsp3) is 0.500. The maximum Gasteiger partial charge on any atom is 0.224 e. The monoisotopic (exact) mass is 410 g/mol. The van der Waals surface area contributed by atoms with Gasteiger partial charge in [0.25, 0.3) is 0 Å². The van der Waals surface area contributed by atoms with Gasteiger partial charge in [0.1, 0.15) is 5.82 Å². The van der Waals surface area contributed by atoms with Crippen LogP contribution in [0.1, 0.15) is 25.0 Å². The topological polar surface area (TPSA) is 82.6 Å². The Morgan fingerprint density at radius 1 is 1.10 bits per heavy atom. The summed E-state index contributed by atoms with van der Waals surface area (Å²) in [4.78, 5) is 25.0. The number of benzene rings is 1. The van der Waals surface area contributed by atoms with Crippen LogP contribution in [0.2, 0.25) is 0 Å². The molecule has 160 valence electrons. The van der Waals surface area contributed by atoms with E-state index in [1.165, 1.54) is 5.69 Å². The molecule has 1 amide bonds. The fourth-order valence-corrected chi connectivity index (χ4v) is 3.85. The Morgan fingerprint density at radius 3 is 2.63 bits per heavy atom. The summed E-state index contributed by atoms with van der Waals surface area (Å²) < 4.78 is 5.42. The lowest BCUT2D eigenvalue weighted by atomic mass is 10.2. The average molecular weight is 411 g/mol. The molecule has 0 unspecified atom stereocenters. The van der Waals surface area contributed by atoms with Crippen molar-refractivity contribution in [1.29, 1.82) is 0 Å². The van der Waals surface area contributed by atoms with E-state index in [1.807, 2.05) is 17.9 Å². The quantitative estimate of drug-likeness (QED) is 0.648. The van der Waals surface area contributed by atoms with Gasteiger partial charge in [-0.25, -0.2) is 4.98 Å². The average Bonchev–Trinajstić information content (AvgIpc) is 3.17. The number of aryl methyl sites for hydroxylation is 1. The molecular formula is C22H30N6O2. The number of nitrogens with zero attached hydrogens (tertiary/aromatic N) is 4. The zero-order valence-corrected chi connectivity index (χ0v) is 17.6. The number of likely N-dealkylation sites (tertiary alicyclic amines) is 1. The van der Waals surface area contributed by atoms with E-state index in [9.17, 15) is 4.79 Å². The predicted octanol–water partition coefficient (Wildman–Crippen LogP) is 2.79. The molecule has 0 radical (unpaired) electrons. The Kier molecular flexibility index (Phi) is 6.63. The molecule has 0 bridgehead atoms. The van der Waals surface area contributed by atoms with Gasteiger partial charge in [-0.05, 0) is 44.0 Å². The third kappa shape index (κ3) is 5.38. The molecular weight excluding hydrogens is 380 g/mol. The second kappa shape index (κ2) is 9.75. The number of carbonyl (C=O) groups is 1. The van der Waals surface area contributed by atoms with Gasteiger partial charge in [-0.2, -0.15) is 4.98 Å². The number of nitrogens with one attached hydrogen (secondary N) is 2. The second-order valence-corrected chi connectivity index (χ2v) is 7.75. The van der Waals surface area contributed by atoms with Crippen LogP contribution in [0.15, 0.2) is 30.3 Å². The van der Waals surface area contributed by atoms with Crippen molar-refractivity contribution >= 4 is 29.0 Å². The Bertz CT molecular complexity index is 851. The smallest absolute Gasteiger partial charge is 0.224 e. The molecule has 2 saturated heterocycles. The van der Waals surface area contributed by atoms with E-state index in [0.29, 0.717) is 12.4 Å². The molecule has 1 aromatic heterocycles. The molecule has 2 N–H and O–H groups in total. The zero-order chi connectivity index (χ0) is 20.8. The minimum atomic E-state index is 0.271. The van der Waals surface area contributed by atoms with Crippen LogP contribution in [-0.4, -0.2) is 66.7 Å². The van der Waals surface area contributed by atoms with Gasteiger partial charge in [0.15, 0.2) is 0 Å². The van der Waals surface area contributed by atoms with Gasteiger partial charge in [0, 0.05) is 62.3 Å². The van der Waals surface area contributed by atoms with Crippen molar-refractivity contribution in [2.45, 2.75) is 26.2 Å². The van der Waals surface area contributed by atoms with E-state index in [1.54, 1.807) is 0 Å². The Hall–Kier alpha value is -2.87. The van der Waals surface area contributed by atoms with E-state index in [2.05, 4.69) is 49.8 Å². The number of anilines is 4. The van der Waals surface area contributed by atoms with Crippen LogP contribution in [-0.2, 0) is 9.53 Å². The summed E-state index contributed by atoms with van der Waals surface area (Å²) in [5.41, 5.74) is 3.10. The number of carbonyl (C=O) groups excluding carboxylic acids is 1. The number of amides is 1. The number of hydrogen-bond acceptors (Lipinski definition) is 7. The lowest BCUT2D eigenvalue weighted by molar-refractivity contribution is -0.127. The highest BCUT2D eigenvalue weighted by molar-refractivity contribution is 5.78. The van der Waals surface area contributed by atoms with E-state index in [4.69, 9.17) is 4.74 Å². The van der Waals surface area contributed by atoms with Gasteiger partial charge in [0.2, 0.25) is 11.9 Å². The van der Waals surface area contributed by atoms with E-state index >= 15 is 0 Å². The Balaban J connectivity index is 1.30. The van der Waals surface area contributed by atoms with Crippen molar-refractivity contribution in [3.05, 3.63) is 36.0 Å². The highest BCUT2D eigenvalue weighted by Crippen LogP contribution is 2.22. The fourth-order valence-electron chi connectivity index (χ4n) is 3.85. The van der Waals surface area contributed by atoms with Gasteiger partial charge >= 0.3 is 0 Å². The second-order valence-electron chi connectivity index (χ2n) is 7.75. The number of morpholine rings is 1. The largest absolute Gasteiger partial charge is 0.378 e. The van der Waals surface area contributed by atoms with Crippen LogP contribution in [0.5, 0.6) is 0 Å². The number of ether oxygens (including phenoxy) is 1. The zero-order valence-electron chi connectivity index (χ0n) is 17.6. The summed E-state index contributed by atoms with van der Waals surface area (Å²) in [6.45, 7) is 7.80. The van der Waals surface area contributed by atoms with Crippen molar-refractivity contribution in [1.82, 2.24) is 14.9 Å². The Morgan fingerprint density at radius 2 is 1.90 bits per heavy atom. The van der Waals surface area contributed by atoms with Gasteiger partial charge < -0.3 is 25.2 Å². The maximum absolute atomic E-state index is 11.7. The first kappa shape index (κ1) is 20.4. The van der Waals surface area contributed by atoms with Crippen LogP contribution in [0.3, 0.4) is 0 Å². The molecule has 4 rings (SSSR count). The first-order valence-corrected chi connectivity index (χ1v) is 10.7. The van der Waals surface area contributed by atoms with Crippen LogP contribution in [0.4, 0.5) is 23.1 Å². The molecule has 2 aliphatic heterocycles. The van der Waals surface area contributed by atoms with Crippen LogP contribution < -0.4 is 15.5 Å². The molecule has 8 nitrogen and oxygen atoms in total. The van der Waals surface area contributed by atoms with Crippen molar-refractivity contribution < 1.29 is 9.53 Å². The maximum atomic E-state index is 11.7. The van der Waals surface area contributed by atoms with Gasteiger partial charge in [-0.3, -0.25) is 4.79 Å². The molecule has 8 heteroatoms. The molecule has 0 spiro atoms. The van der Waals surface area contributed by atoms with Crippen molar-refractivity contribution in [3.8, 4) is 0 Å². The molecule has 2 aliphatic rings. The number of aromatic nitrogens is 2. The molecule has 0 atom stereocenters. The third-order valence-electron chi connectivity index (χ3n) is 5.43. The lowest BCUT2D eigenvalue weighted by Gasteiger charge is -2.28. The summed E-state index contributed by atoms with van der Waals surface area (Å²) in [6, 6.07) is 10.3. The SMILES string of the molecule is Cc1cc(Nc2ccc(N3CCOCC3)cc2)nc(NCCCN2CCCC2=O)n1. The highest BCUT2D eigenvalue weighted by Gasteiger charge is 2.19. The Labute approximate surface area is 177 Å². The van der Waals surface area contributed by atoms with Crippen LogP contribution in [0.25, 0.3) is 0 Å². The highest BCUT2D eigenvalue weighted by atomic mass is 16.5. The van der Waals surface area contributed by atoms with Gasteiger partial charge in [0.05, 0.1) is 13.2 Å². The molecule has 2 fully saturated rings. The summed E-state index contributed by atoms with van der Waals surface area (Å²) in [6.07, 6.45) is 2.56. The molecule has 3 heterocycles. The number of hydrogen-bond donors (Lipinski definition) is 2. The minimum absolute atomic E-state index is 0.271. The van der Waals surface area contributed by atoms with E-state index in [0.717, 1.165) is 76.0 Å². The summed E-state index contributed by atoms with van der Waals surface area (Å²) in [5, 5.41) is 6.65. The molecule has 2 aromatic rings. The standard InChI is InChI=1S/C22H30N6O2/c1-17-16-20(25-18-5-7-19(8-6-18)27-12-14-30-15-13-27)26-22(24-17)23-9-3-11-28-10-2-4-21(28)29/h5-8,16H,2-4,9-15H2,1H3,(H2,23,24,25,26). The van der Waals surface area contributed by atoms with Crippen molar-refractivity contribution in [2.24, 2.45) is 0 Å². The van der Waals surface area contributed by atoms with Crippen LogP contribution in [0, 0.1) is 6.92 Å². The van der Waals surface area contributed by atoms with E-state index in [-0.39, 0.29) is 5.91 Å². The lowest BCUT2D eigenvalue weighted by Crippen LogP contribution is -2.36. The van der Waals surface area contributed by atoms with Crippen molar-refractivity contribution in [2.75, 3.05) is 61.5 Å². The summed E-state index contributed by atoms with van der Waals surface area (Å²) in [5.74, 6) is 1.64. The summed E-state index contributed by atoms with van der Waals surface area (Å²) in [7, 11) is 0.